The maximum absolute atomic E-state index is 5.39. The molecule has 1 aromatic carbocycles. The number of hydrogen-bond acceptors (Lipinski definition) is 4. The summed E-state index contributed by atoms with van der Waals surface area (Å²) in [4.78, 5) is 4.53. The van der Waals surface area contributed by atoms with Gasteiger partial charge in [-0.15, -0.1) is 0 Å². The third-order valence-corrected chi connectivity index (χ3v) is 3.99. The van der Waals surface area contributed by atoms with Crippen LogP contribution in [0.2, 0.25) is 0 Å². The number of methoxy groups -OCH3 is 2. The van der Waals surface area contributed by atoms with Gasteiger partial charge < -0.3 is 24.5 Å². The van der Waals surface area contributed by atoms with Crippen molar-refractivity contribution in [2.45, 2.75) is 19.8 Å². The van der Waals surface area contributed by atoms with Crippen molar-refractivity contribution in [3.63, 3.8) is 0 Å². The molecular formula is C20H29N3O3. The zero-order valence-corrected chi connectivity index (χ0v) is 15.9. The highest BCUT2D eigenvalue weighted by Crippen LogP contribution is 2.18. The first-order chi connectivity index (χ1) is 12.7. The fourth-order valence-electron chi connectivity index (χ4n) is 2.53. The second kappa shape index (κ2) is 11.2. The first kappa shape index (κ1) is 19.8. The topological polar surface area (TPSA) is 68.0 Å². The molecule has 2 aromatic rings. The number of guanidine groups is 1. The molecule has 2 N–H and O–H groups in total. The van der Waals surface area contributed by atoms with Crippen LogP contribution in [0.1, 0.15) is 16.9 Å². The van der Waals surface area contributed by atoms with E-state index in [9.17, 15) is 0 Å². The minimum absolute atomic E-state index is 0.597. The predicted molar refractivity (Wildman–Crippen MR) is 104 cm³/mol. The lowest BCUT2D eigenvalue weighted by Crippen LogP contribution is -2.39. The van der Waals surface area contributed by atoms with Crippen molar-refractivity contribution >= 4 is 5.96 Å². The van der Waals surface area contributed by atoms with Crippen LogP contribution in [0, 0.1) is 6.92 Å². The molecule has 0 amide bonds. The van der Waals surface area contributed by atoms with Crippen molar-refractivity contribution in [3.05, 3.63) is 53.5 Å². The SMILES string of the molecule is COCCN=C(NCCc1ccc(C)c(OC)c1)NCCc1ccco1. The highest BCUT2D eigenvalue weighted by atomic mass is 16.5. The summed E-state index contributed by atoms with van der Waals surface area (Å²) in [5.74, 6) is 2.67. The normalized spacial score (nSPS) is 11.4. The fraction of sp³-hybridized carbons (Fsp3) is 0.450. The van der Waals surface area contributed by atoms with Crippen LogP contribution in [0.15, 0.2) is 46.0 Å². The predicted octanol–water partition coefficient (Wildman–Crippen LogP) is 2.56. The standard InChI is InChI=1S/C20H29N3O3/c1-16-6-7-17(15-19(16)25-3)8-10-21-20(23-12-14-24-2)22-11-9-18-5-4-13-26-18/h4-7,13,15H,8-12,14H2,1-3H3,(H2,21,22,23). The molecule has 0 radical (unpaired) electrons. The van der Waals surface area contributed by atoms with E-state index in [1.807, 2.05) is 19.1 Å². The maximum atomic E-state index is 5.39. The fourth-order valence-corrected chi connectivity index (χ4v) is 2.53. The van der Waals surface area contributed by atoms with Gasteiger partial charge in [-0.3, -0.25) is 4.99 Å². The monoisotopic (exact) mass is 359 g/mol. The summed E-state index contributed by atoms with van der Waals surface area (Å²) in [5, 5.41) is 6.70. The Kier molecular flexibility index (Phi) is 8.55. The van der Waals surface area contributed by atoms with Crippen LogP contribution in [0.25, 0.3) is 0 Å². The summed E-state index contributed by atoms with van der Waals surface area (Å²) in [7, 11) is 3.38. The lowest BCUT2D eigenvalue weighted by molar-refractivity contribution is 0.208. The number of rotatable bonds is 10. The van der Waals surface area contributed by atoms with Gasteiger partial charge in [0.1, 0.15) is 11.5 Å². The Morgan fingerprint density at radius 2 is 1.92 bits per heavy atom. The zero-order valence-electron chi connectivity index (χ0n) is 15.9. The number of ether oxygens (including phenoxy) is 2. The Labute approximate surface area is 155 Å². The Morgan fingerprint density at radius 1 is 1.12 bits per heavy atom. The van der Waals surface area contributed by atoms with Gasteiger partial charge in [-0.25, -0.2) is 0 Å². The summed E-state index contributed by atoms with van der Waals surface area (Å²) >= 11 is 0. The number of aryl methyl sites for hydroxylation is 1. The molecule has 0 spiro atoms. The van der Waals surface area contributed by atoms with Gasteiger partial charge >= 0.3 is 0 Å². The number of furan rings is 1. The lowest BCUT2D eigenvalue weighted by Gasteiger charge is -2.13. The Bertz CT molecular complexity index is 669. The van der Waals surface area contributed by atoms with Crippen molar-refractivity contribution in [2.75, 3.05) is 40.5 Å². The van der Waals surface area contributed by atoms with E-state index in [1.165, 1.54) is 5.56 Å². The van der Waals surface area contributed by atoms with Gasteiger partial charge in [-0.05, 0) is 42.7 Å². The Hall–Kier alpha value is -2.47. The van der Waals surface area contributed by atoms with Crippen LogP contribution in [0.5, 0.6) is 5.75 Å². The number of aliphatic imine (C=N–C) groups is 1. The molecule has 142 valence electrons. The van der Waals surface area contributed by atoms with E-state index in [2.05, 4.69) is 33.8 Å². The summed E-state index contributed by atoms with van der Waals surface area (Å²) in [6, 6.07) is 10.2. The van der Waals surface area contributed by atoms with Gasteiger partial charge in [-0.1, -0.05) is 12.1 Å². The molecule has 0 bridgehead atoms. The van der Waals surface area contributed by atoms with E-state index in [-0.39, 0.29) is 0 Å². The smallest absolute Gasteiger partial charge is 0.191 e. The number of nitrogens with one attached hydrogen (secondary N) is 2. The number of hydrogen-bond donors (Lipinski definition) is 2. The quantitative estimate of drug-likeness (QED) is 0.388. The molecule has 0 aliphatic carbocycles. The molecule has 0 atom stereocenters. The molecule has 6 nitrogen and oxygen atoms in total. The summed E-state index contributed by atoms with van der Waals surface area (Å²) in [5.41, 5.74) is 2.37. The molecule has 0 unspecified atom stereocenters. The van der Waals surface area contributed by atoms with Crippen LogP contribution in [-0.2, 0) is 17.6 Å². The maximum Gasteiger partial charge on any atom is 0.191 e. The van der Waals surface area contributed by atoms with Crippen molar-refractivity contribution in [1.82, 2.24) is 10.6 Å². The van der Waals surface area contributed by atoms with Crippen LogP contribution in [0.4, 0.5) is 0 Å². The van der Waals surface area contributed by atoms with Crippen LogP contribution >= 0.6 is 0 Å². The van der Waals surface area contributed by atoms with Crippen LogP contribution in [-0.4, -0.2) is 46.4 Å². The van der Waals surface area contributed by atoms with Gasteiger partial charge in [0, 0.05) is 26.6 Å². The highest BCUT2D eigenvalue weighted by Gasteiger charge is 2.03. The largest absolute Gasteiger partial charge is 0.496 e. The van der Waals surface area contributed by atoms with E-state index in [1.54, 1.807) is 20.5 Å². The zero-order chi connectivity index (χ0) is 18.6. The highest BCUT2D eigenvalue weighted by molar-refractivity contribution is 5.79. The van der Waals surface area contributed by atoms with Crippen LogP contribution in [0.3, 0.4) is 0 Å². The molecule has 6 heteroatoms. The third kappa shape index (κ3) is 6.80. The first-order valence-electron chi connectivity index (χ1n) is 8.90. The van der Waals surface area contributed by atoms with E-state index in [0.29, 0.717) is 13.2 Å². The first-order valence-corrected chi connectivity index (χ1v) is 8.90. The van der Waals surface area contributed by atoms with Crippen molar-refractivity contribution in [2.24, 2.45) is 4.99 Å². The average molecular weight is 359 g/mol. The molecule has 2 rings (SSSR count). The summed E-state index contributed by atoms with van der Waals surface area (Å²) < 4.78 is 15.8. The van der Waals surface area contributed by atoms with Crippen molar-refractivity contribution in [1.29, 1.82) is 0 Å². The molecular weight excluding hydrogens is 330 g/mol. The molecule has 0 aliphatic rings. The molecule has 0 saturated carbocycles. The van der Waals surface area contributed by atoms with Gasteiger partial charge in [0.05, 0.1) is 26.5 Å². The minimum atomic E-state index is 0.597. The van der Waals surface area contributed by atoms with Crippen molar-refractivity contribution < 1.29 is 13.9 Å². The molecule has 0 saturated heterocycles. The third-order valence-electron chi connectivity index (χ3n) is 3.99. The number of benzene rings is 1. The molecule has 1 heterocycles. The number of nitrogens with zero attached hydrogens (tertiary/aromatic N) is 1. The van der Waals surface area contributed by atoms with E-state index in [0.717, 1.165) is 49.0 Å². The van der Waals surface area contributed by atoms with E-state index < -0.39 is 0 Å². The van der Waals surface area contributed by atoms with E-state index in [4.69, 9.17) is 13.9 Å². The van der Waals surface area contributed by atoms with Gasteiger partial charge in [-0.2, -0.15) is 0 Å². The molecule has 0 fully saturated rings. The molecule has 0 aliphatic heterocycles. The van der Waals surface area contributed by atoms with Gasteiger partial charge in [0.25, 0.3) is 0 Å². The minimum Gasteiger partial charge on any atom is -0.496 e. The van der Waals surface area contributed by atoms with E-state index >= 15 is 0 Å². The Balaban J connectivity index is 1.82. The second-order valence-electron chi connectivity index (χ2n) is 5.96. The lowest BCUT2D eigenvalue weighted by atomic mass is 10.1. The van der Waals surface area contributed by atoms with Gasteiger partial charge in [0.2, 0.25) is 0 Å². The average Bonchev–Trinajstić information content (AvgIpc) is 3.16. The molecule has 1 aromatic heterocycles. The summed E-state index contributed by atoms with van der Waals surface area (Å²) in [6.07, 6.45) is 3.39. The summed E-state index contributed by atoms with van der Waals surface area (Å²) in [6.45, 7) is 4.80. The van der Waals surface area contributed by atoms with Crippen LogP contribution < -0.4 is 15.4 Å². The second-order valence-corrected chi connectivity index (χ2v) is 5.96. The molecule has 26 heavy (non-hydrogen) atoms. The van der Waals surface area contributed by atoms with Gasteiger partial charge in [0.15, 0.2) is 5.96 Å². The van der Waals surface area contributed by atoms with Crippen molar-refractivity contribution in [3.8, 4) is 5.75 Å². The Morgan fingerprint density at radius 3 is 2.62 bits per heavy atom.